The minimum absolute atomic E-state index is 0.0506. The smallest absolute Gasteiger partial charge is 0.306 e. The number of carbonyl (C=O) groups is 4. The number of aliphatic hydroxyl groups is 1. The van der Waals surface area contributed by atoms with Crippen LogP contribution in [0.1, 0.15) is 76.8 Å². The van der Waals surface area contributed by atoms with E-state index in [0.717, 1.165) is 18.4 Å². The van der Waals surface area contributed by atoms with Gasteiger partial charge in [0.25, 0.3) is 0 Å². The monoisotopic (exact) mass is 715 g/mol. The summed E-state index contributed by atoms with van der Waals surface area (Å²) in [5.74, 6) is -2.95. The molecule has 1 aromatic rings. The van der Waals surface area contributed by atoms with Gasteiger partial charge in [0, 0.05) is 37.0 Å². The fourth-order valence-electron chi connectivity index (χ4n) is 7.52. The number of nitrogens with zero attached hydrogens (tertiary/aromatic N) is 2. The van der Waals surface area contributed by atoms with Gasteiger partial charge in [-0.3, -0.25) is 19.2 Å². The number of alkyl halides is 1. The van der Waals surface area contributed by atoms with Gasteiger partial charge in [-0.15, -0.1) is 13.2 Å². The van der Waals surface area contributed by atoms with E-state index in [9.17, 15) is 24.3 Å². The van der Waals surface area contributed by atoms with Crippen LogP contribution < -0.4 is 5.32 Å². The van der Waals surface area contributed by atoms with Gasteiger partial charge in [-0.1, -0.05) is 71.8 Å². The maximum Gasteiger partial charge on any atom is 0.306 e. The zero-order valence-corrected chi connectivity index (χ0v) is 29.2. The highest BCUT2D eigenvalue weighted by atomic mass is 79.9. The molecule has 3 saturated heterocycles. The fourth-order valence-corrected chi connectivity index (χ4v) is 8.46. The first kappa shape index (κ1) is 36.8. The molecule has 3 heterocycles. The highest BCUT2D eigenvalue weighted by Crippen LogP contribution is 2.60. The molecule has 4 rings (SSSR count). The summed E-state index contributed by atoms with van der Waals surface area (Å²) < 4.78 is 12.3. The van der Waals surface area contributed by atoms with Crippen molar-refractivity contribution in [3.63, 3.8) is 0 Å². The van der Waals surface area contributed by atoms with E-state index in [4.69, 9.17) is 9.47 Å². The number of hydrogen-bond acceptors (Lipinski definition) is 7. The van der Waals surface area contributed by atoms with Crippen LogP contribution in [0.4, 0.5) is 0 Å². The van der Waals surface area contributed by atoms with Crippen LogP contribution in [0.2, 0.25) is 0 Å². The molecule has 1 aromatic carbocycles. The van der Waals surface area contributed by atoms with Gasteiger partial charge in [0.05, 0.1) is 24.0 Å². The molecule has 2 bridgehead atoms. The summed E-state index contributed by atoms with van der Waals surface area (Å²) in [5.41, 5.74) is -0.427. The van der Waals surface area contributed by atoms with Crippen molar-refractivity contribution in [3.8, 4) is 0 Å². The van der Waals surface area contributed by atoms with Crippen LogP contribution in [-0.4, -0.2) is 93.5 Å². The molecule has 0 saturated carbocycles. The Morgan fingerprint density at radius 2 is 1.96 bits per heavy atom. The van der Waals surface area contributed by atoms with Crippen LogP contribution in [0, 0.1) is 11.8 Å². The number of aliphatic hydroxyl groups excluding tert-OH is 1. The second-order valence-corrected chi connectivity index (χ2v) is 14.1. The molecule has 3 fully saturated rings. The van der Waals surface area contributed by atoms with Gasteiger partial charge >= 0.3 is 5.97 Å². The predicted molar refractivity (Wildman–Crippen MR) is 182 cm³/mol. The summed E-state index contributed by atoms with van der Waals surface area (Å²) in [6.45, 7) is 12.2. The molecule has 2 unspecified atom stereocenters. The van der Waals surface area contributed by atoms with E-state index in [1.165, 1.54) is 0 Å². The molecule has 0 radical (unpaired) electrons. The topological polar surface area (TPSA) is 125 Å². The van der Waals surface area contributed by atoms with E-state index < -0.39 is 41.6 Å². The third-order valence-corrected chi connectivity index (χ3v) is 10.6. The van der Waals surface area contributed by atoms with Crippen LogP contribution in [-0.2, 0) is 28.7 Å². The van der Waals surface area contributed by atoms with Gasteiger partial charge in [-0.2, -0.15) is 0 Å². The van der Waals surface area contributed by atoms with Crippen molar-refractivity contribution in [3.05, 3.63) is 61.2 Å². The number of nitrogens with one attached hydrogen (secondary N) is 1. The Morgan fingerprint density at radius 3 is 2.62 bits per heavy atom. The van der Waals surface area contributed by atoms with Crippen LogP contribution in [0.15, 0.2) is 55.6 Å². The molecule has 0 aliphatic carbocycles. The van der Waals surface area contributed by atoms with Crippen molar-refractivity contribution in [2.45, 2.75) is 99.9 Å². The van der Waals surface area contributed by atoms with Crippen LogP contribution in [0.25, 0.3) is 0 Å². The lowest BCUT2D eigenvalue weighted by molar-refractivity contribution is -0.149. The molecular weight excluding hydrogens is 666 g/mol. The van der Waals surface area contributed by atoms with Gasteiger partial charge < -0.3 is 29.7 Å². The number of allylic oxidation sites excluding steroid dienone is 1. The minimum atomic E-state index is -1.18. The number of halogens is 1. The standard InChI is InChI=1S/C36H50BrN3O7/c1-5-8-18-28(42)46-23-27(25-16-11-9-12-17-25)38-33(43)29-30-34(44)40(20-13-10-14-21-41)32(36(30)22-26(37)31(29)47-36)35(45)39(19-7-3)24(4)15-6-2/h5,7,9,11-12,16-17,24,26-27,29-32,41H,1,3,6,8,10,13-15,18-23H2,2,4H3,(H,38,43)/t24?,26?,27-,29-,30+,31-,32-,36+/m0/s1. The van der Waals surface area contributed by atoms with E-state index in [2.05, 4.69) is 41.3 Å². The molecule has 47 heavy (non-hydrogen) atoms. The van der Waals surface area contributed by atoms with E-state index in [1.807, 2.05) is 37.3 Å². The van der Waals surface area contributed by atoms with Gasteiger partial charge in [0.15, 0.2) is 0 Å². The summed E-state index contributed by atoms with van der Waals surface area (Å²) in [7, 11) is 0. The minimum Gasteiger partial charge on any atom is -0.463 e. The Balaban J connectivity index is 1.66. The first-order valence-electron chi connectivity index (χ1n) is 16.9. The number of benzene rings is 1. The van der Waals surface area contributed by atoms with E-state index in [1.54, 1.807) is 22.0 Å². The largest absolute Gasteiger partial charge is 0.463 e. The van der Waals surface area contributed by atoms with Gasteiger partial charge in [-0.25, -0.2) is 0 Å². The zero-order chi connectivity index (χ0) is 34.1. The van der Waals surface area contributed by atoms with Gasteiger partial charge in [0.2, 0.25) is 17.7 Å². The van der Waals surface area contributed by atoms with Crippen molar-refractivity contribution in [1.82, 2.24) is 15.1 Å². The summed E-state index contributed by atoms with van der Waals surface area (Å²) in [6.07, 6.45) is 7.39. The summed E-state index contributed by atoms with van der Waals surface area (Å²) in [4.78, 5) is 58.9. The number of esters is 1. The number of fused-ring (bicyclic) bond motifs is 1. The first-order chi connectivity index (χ1) is 22.6. The molecular formula is C36H50BrN3O7. The normalized spacial score (nSPS) is 27.2. The number of likely N-dealkylation sites (tertiary alicyclic amines) is 1. The molecule has 258 valence electrons. The summed E-state index contributed by atoms with van der Waals surface area (Å²) >= 11 is 3.75. The number of rotatable bonds is 19. The summed E-state index contributed by atoms with van der Waals surface area (Å²) in [6, 6.07) is 7.63. The van der Waals surface area contributed by atoms with Crippen molar-refractivity contribution in [2.24, 2.45) is 11.8 Å². The quantitative estimate of drug-likeness (QED) is 0.0938. The Bertz CT molecular complexity index is 1280. The Morgan fingerprint density at radius 1 is 1.21 bits per heavy atom. The lowest BCUT2D eigenvalue weighted by Gasteiger charge is -2.39. The maximum atomic E-state index is 14.6. The number of carbonyl (C=O) groups excluding carboxylic acids is 4. The average molecular weight is 717 g/mol. The molecule has 3 aliphatic heterocycles. The third-order valence-electron chi connectivity index (χ3n) is 9.71. The van der Waals surface area contributed by atoms with Gasteiger partial charge in [0.1, 0.15) is 18.2 Å². The molecule has 10 nitrogen and oxygen atoms in total. The van der Waals surface area contributed by atoms with Crippen molar-refractivity contribution < 1.29 is 33.8 Å². The SMILES string of the molecule is C=CCCC(=O)OC[C@H](NC(=O)[C@@H]1[C@H]2O[C@@]3(CC2Br)[C@H](C(=O)N(CC=C)C(C)CCC)N(CCCCCO)C(=O)[C@@H]13)c1ccccc1. The lowest BCUT2D eigenvalue weighted by atomic mass is 9.70. The van der Waals surface area contributed by atoms with E-state index in [-0.39, 0.29) is 48.2 Å². The molecule has 8 atom stereocenters. The molecule has 11 heteroatoms. The van der Waals surface area contributed by atoms with E-state index in [0.29, 0.717) is 45.2 Å². The van der Waals surface area contributed by atoms with Crippen LogP contribution >= 0.6 is 15.9 Å². The average Bonchev–Trinajstić information content (AvgIpc) is 3.66. The highest BCUT2D eigenvalue weighted by molar-refractivity contribution is 9.09. The van der Waals surface area contributed by atoms with Crippen molar-refractivity contribution in [1.29, 1.82) is 0 Å². The second kappa shape index (κ2) is 16.9. The number of amides is 3. The maximum absolute atomic E-state index is 14.6. The molecule has 0 aromatic heterocycles. The van der Waals surface area contributed by atoms with Gasteiger partial charge in [-0.05, 0) is 51.0 Å². The predicted octanol–water partition coefficient (Wildman–Crippen LogP) is 4.47. The molecule has 1 spiro atoms. The Hall–Kier alpha value is -3.02. The zero-order valence-electron chi connectivity index (χ0n) is 27.7. The van der Waals surface area contributed by atoms with Crippen LogP contribution in [0.5, 0.6) is 0 Å². The molecule has 2 N–H and O–H groups in total. The number of hydrogen-bond donors (Lipinski definition) is 2. The Labute approximate surface area is 287 Å². The molecule has 3 amide bonds. The first-order valence-corrected chi connectivity index (χ1v) is 17.8. The third kappa shape index (κ3) is 7.84. The summed E-state index contributed by atoms with van der Waals surface area (Å²) in [5, 5.41) is 12.4. The molecule has 3 aliphatic rings. The number of ether oxygens (including phenoxy) is 2. The van der Waals surface area contributed by atoms with Crippen molar-refractivity contribution in [2.75, 3.05) is 26.3 Å². The highest BCUT2D eigenvalue weighted by Gasteiger charge is 2.76. The van der Waals surface area contributed by atoms with E-state index >= 15 is 0 Å². The van der Waals surface area contributed by atoms with Crippen LogP contribution in [0.3, 0.4) is 0 Å². The van der Waals surface area contributed by atoms with Crippen molar-refractivity contribution >= 4 is 39.6 Å². The fraction of sp³-hybridized carbons (Fsp3) is 0.611. The second-order valence-electron chi connectivity index (χ2n) is 12.9. The lowest BCUT2D eigenvalue weighted by Crippen LogP contribution is -2.58. The number of unbranched alkanes of at least 4 members (excludes halogenated alkanes) is 2. The Kier molecular flexibility index (Phi) is 13.2.